The molecule has 2 aromatic rings. The molecule has 5 heteroatoms. The zero-order valence-electron chi connectivity index (χ0n) is 11.5. The van der Waals surface area contributed by atoms with Crippen molar-refractivity contribution in [3.8, 4) is 11.5 Å². The van der Waals surface area contributed by atoms with Gasteiger partial charge in [-0.25, -0.2) is 0 Å². The number of benzene rings is 2. The van der Waals surface area contributed by atoms with Gasteiger partial charge in [-0.2, -0.15) is 0 Å². The Morgan fingerprint density at radius 3 is 2.38 bits per heavy atom. The molecule has 0 amide bonds. The topological polar surface area (TPSA) is 38.7 Å². The highest BCUT2D eigenvalue weighted by atomic mass is 35.5. The first-order valence-corrected chi connectivity index (χ1v) is 7.30. The second-order valence-electron chi connectivity index (χ2n) is 4.46. The molecule has 0 heterocycles. The van der Waals surface area contributed by atoms with E-state index < -0.39 is 10.9 Å². The van der Waals surface area contributed by atoms with Crippen molar-refractivity contribution in [1.29, 1.82) is 0 Å². The van der Waals surface area contributed by atoms with E-state index in [1.54, 1.807) is 25.3 Å². The monoisotopic (exact) mass is 326 g/mol. The summed E-state index contributed by atoms with van der Waals surface area (Å²) in [6.45, 7) is 0.405. The largest absolute Gasteiger partial charge is 0.493 e. The Labute approximate surface area is 134 Å². The molecule has 0 aliphatic rings. The van der Waals surface area contributed by atoms with Crippen molar-refractivity contribution in [2.75, 3.05) is 7.11 Å². The van der Waals surface area contributed by atoms with Gasteiger partial charge in [-0.15, -0.1) is 23.2 Å². The molecule has 21 heavy (non-hydrogen) atoms. The van der Waals surface area contributed by atoms with Crippen LogP contribution in [0.15, 0.2) is 48.5 Å². The third kappa shape index (κ3) is 4.27. The van der Waals surface area contributed by atoms with Gasteiger partial charge in [-0.1, -0.05) is 36.4 Å². The predicted octanol–water partition coefficient (Wildman–Crippen LogP) is 4.11. The van der Waals surface area contributed by atoms with Crippen LogP contribution in [0.4, 0.5) is 0 Å². The van der Waals surface area contributed by atoms with Gasteiger partial charge in [0.1, 0.15) is 17.5 Å². The van der Waals surface area contributed by atoms with Gasteiger partial charge in [-0.05, 0) is 23.3 Å². The van der Waals surface area contributed by atoms with Gasteiger partial charge in [0.05, 0.1) is 7.11 Å². The summed E-state index contributed by atoms with van der Waals surface area (Å²) in [6.07, 6.45) is -0.974. The first kappa shape index (κ1) is 16.0. The highest BCUT2D eigenvalue weighted by Crippen LogP contribution is 2.33. The lowest BCUT2D eigenvalue weighted by Gasteiger charge is -2.16. The van der Waals surface area contributed by atoms with E-state index in [1.165, 1.54) is 0 Å². The average molecular weight is 327 g/mol. The standard InChI is InChI=1S/C16H16Cl2O3/c1-20-13-8-7-12(15(19)16(17)18)9-14(13)21-10-11-5-3-2-4-6-11/h2-9,15-16,19H,10H2,1H3. The van der Waals surface area contributed by atoms with Gasteiger partial charge in [0.2, 0.25) is 0 Å². The third-order valence-corrected chi connectivity index (χ3v) is 3.48. The number of hydrogen-bond acceptors (Lipinski definition) is 3. The molecule has 0 bridgehead atoms. The molecule has 112 valence electrons. The molecule has 2 aromatic carbocycles. The number of rotatable bonds is 6. The number of alkyl halides is 2. The van der Waals surface area contributed by atoms with E-state index in [9.17, 15) is 5.11 Å². The van der Waals surface area contributed by atoms with Crippen molar-refractivity contribution in [3.63, 3.8) is 0 Å². The van der Waals surface area contributed by atoms with E-state index in [4.69, 9.17) is 32.7 Å². The first-order chi connectivity index (χ1) is 10.1. The SMILES string of the molecule is COc1ccc(C(O)C(Cl)Cl)cc1OCc1ccccc1. The zero-order valence-corrected chi connectivity index (χ0v) is 13.0. The van der Waals surface area contributed by atoms with Crippen LogP contribution in [0.3, 0.4) is 0 Å². The van der Waals surface area contributed by atoms with E-state index in [-0.39, 0.29) is 0 Å². The smallest absolute Gasteiger partial charge is 0.162 e. The minimum Gasteiger partial charge on any atom is -0.493 e. The maximum absolute atomic E-state index is 9.91. The summed E-state index contributed by atoms with van der Waals surface area (Å²) >= 11 is 11.4. The minimum absolute atomic E-state index is 0.405. The fraction of sp³-hybridized carbons (Fsp3) is 0.250. The summed E-state index contributed by atoms with van der Waals surface area (Å²) in [5.74, 6) is 1.12. The average Bonchev–Trinajstić information content (AvgIpc) is 2.52. The molecule has 3 nitrogen and oxygen atoms in total. The molecular formula is C16H16Cl2O3. The van der Waals surface area contributed by atoms with Crippen LogP contribution in [0.2, 0.25) is 0 Å². The molecule has 0 aliphatic carbocycles. The summed E-state index contributed by atoms with van der Waals surface area (Å²) in [5.41, 5.74) is 1.62. The molecule has 1 unspecified atom stereocenters. The van der Waals surface area contributed by atoms with Crippen LogP contribution in [0, 0.1) is 0 Å². The molecule has 0 saturated heterocycles. The lowest BCUT2D eigenvalue weighted by atomic mass is 10.1. The molecule has 0 saturated carbocycles. The molecule has 1 N–H and O–H groups in total. The zero-order chi connectivity index (χ0) is 15.2. The third-order valence-electron chi connectivity index (χ3n) is 3.01. The van der Waals surface area contributed by atoms with Crippen molar-refractivity contribution in [3.05, 3.63) is 59.7 Å². The Kier molecular flexibility index (Phi) is 5.74. The van der Waals surface area contributed by atoms with Crippen LogP contribution in [-0.2, 0) is 6.61 Å². The van der Waals surface area contributed by atoms with Gasteiger partial charge in [0, 0.05) is 0 Å². The quantitative estimate of drug-likeness (QED) is 0.812. The number of ether oxygens (including phenoxy) is 2. The first-order valence-electron chi connectivity index (χ1n) is 6.42. The summed E-state index contributed by atoms with van der Waals surface area (Å²) < 4.78 is 11.0. The van der Waals surface area contributed by atoms with Gasteiger partial charge < -0.3 is 14.6 Å². The molecule has 0 fully saturated rings. The number of halogens is 2. The van der Waals surface area contributed by atoms with Crippen molar-refractivity contribution in [2.45, 2.75) is 17.5 Å². The van der Waals surface area contributed by atoms with Crippen LogP contribution >= 0.6 is 23.2 Å². The Morgan fingerprint density at radius 2 is 1.76 bits per heavy atom. The summed E-state index contributed by atoms with van der Waals surface area (Å²) in [5, 5.41) is 9.91. The fourth-order valence-corrected chi connectivity index (χ4v) is 2.16. The molecular weight excluding hydrogens is 311 g/mol. The Hall–Kier alpha value is -1.42. The summed E-state index contributed by atoms with van der Waals surface area (Å²) in [6, 6.07) is 14.9. The van der Waals surface area contributed by atoms with Crippen LogP contribution in [0.1, 0.15) is 17.2 Å². The van der Waals surface area contributed by atoms with Gasteiger partial charge in [0.15, 0.2) is 11.5 Å². The van der Waals surface area contributed by atoms with Gasteiger partial charge in [-0.3, -0.25) is 0 Å². The molecule has 1 atom stereocenters. The van der Waals surface area contributed by atoms with Crippen LogP contribution in [0.5, 0.6) is 11.5 Å². The maximum Gasteiger partial charge on any atom is 0.162 e. The van der Waals surface area contributed by atoms with E-state index in [2.05, 4.69) is 0 Å². The highest BCUT2D eigenvalue weighted by molar-refractivity contribution is 6.44. The minimum atomic E-state index is -0.974. The predicted molar refractivity (Wildman–Crippen MR) is 84.2 cm³/mol. The second-order valence-corrected chi connectivity index (χ2v) is 5.63. The van der Waals surface area contributed by atoms with Gasteiger partial charge >= 0.3 is 0 Å². The van der Waals surface area contributed by atoms with E-state index >= 15 is 0 Å². The Balaban J connectivity index is 2.18. The Bertz CT molecular complexity index is 573. The van der Waals surface area contributed by atoms with Crippen LogP contribution in [-0.4, -0.2) is 17.1 Å². The van der Waals surface area contributed by atoms with Crippen LogP contribution < -0.4 is 9.47 Å². The van der Waals surface area contributed by atoms with E-state index in [0.29, 0.717) is 23.7 Å². The lowest BCUT2D eigenvalue weighted by molar-refractivity contribution is 0.191. The fourth-order valence-electron chi connectivity index (χ4n) is 1.87. The van der Waals surface area contributed by atoms with E-state index in [0.717, 1.165) is 5.56 Å². The summed E-state index contributed by atoms with van der Waals surface area (Å²) in [7, 11) is 1.56. The van der Waals surface area contributed by atoms with Crippen molar-refractivity contribution in [1.82, 2.24) is 0 Å². The lowest BCUT2D eigenvalue weighted by Crippen LogP contribution is -2.07. The Morgan fingerprint density at radius 1 is 1.05 bits per heavy atom. The number of hydrogen-bond donors (Lipinski definition) is 1. The van der Waals surface area contributed by atoms with Crippen molar-refractivity contribution >= 4 is 23.2 Å². The normalized spacial score (nSPS) is 12.2. The molecule has 0 aromatic heterocycles. The number of aliphatic hydroxyl groups excluding tert-OH is 1. The van der Waals surface area contributed by atoms with Crippen molar-refractivity contribution < 1.29 is 14.6 Å². The molecule has 0 aliphatic heterocycles. The van der Waals surface area contributed by atoms with E-state index in [1.807, 2.05) is 30.3 Å². The molecule has 0 spiro atoms. The van der Waals surface area contributed by atoms with Crippen LogP contribution in [0.25, 0.3) is 0 Å². The van der Waals surface area contributed by atoms with Crippen molar-refractivity contribution in [2.24, 2.45) is 0 Å². The number of methoxy groups -OCH3 is 1. The molecule has 2 rings (SSSR count). The number of aliphatic hydroxyl groups is 1. The summed E-state index contributed by atoms with van der Waals surface area (Å²) in [4.78, 5) is -0.902. The second kappa shape index (κ2) is 7.55. The molecule has 0 radical (unpaired) electrons. The van der Waals surface area contributed by atoms with Gasteiger partial charge in [0.25, 0.3) is 0 Å². The highest BCUT2D eigenvalue weighted by Gasteiger charge is 2.18. The maximum atomic E-state index is 9.91.